The first-order valence-corrected chi connectivity index (χ1v) is 7.38. The molecule has 0 bridgehead atoms. The van der Waals surface area contributed by atoms with Gasteiger partial charge in [-0.25, -0.2) is 4.98 Å². The molecule has 4 rings (SSSR count). The number of aromatic nitrogens is 2. The maximum atomic E-state index is 12.0. The van der Waals surface area contributed by atoms with E-state index in [1.807, 2.05) is 24.3 Å². The summed E-state index contributed by atoms with van der Waals surface area (Å²) in [4.78, 5) is 16.8. The average molecular weight is 276 g/mol. The van der Waals surface area contributed by atoms with Gasteiger partial charge in [-0.15, -0.1) is 0 Å². The Morgan fingerprint density at radius 1 is 1.00 bits per heavy atom. The molecule has 0 saturated carbocycles. The second-order valence-electron chi connectivity index (χ2n) is 5.51. The van der Waals surface area contributed by atoms with Gasteiger partial charge in [-0.3, -0.25) is 4.79 Å². The number of ketones is 1. The number of nitrogens with zero attached hydrogens (tertiary/aromatic N) is 2. The Balaban J connectivity index is 1.72. The van der Waals surface area contributed by atoms with Crippen LogP contribution in [0.2, 0.25) is 0 Å². The molecule has 0 spiro atoms. The highest BCUT2D eigenvalue weighted by Crippen LogP contribution is 2.26. The lowest BCUT2D eigenvalue weighted by atomic mass is 10.0. The molecule has 3 heteroatoms. The van der Waals surface area contributed by atoms with Crippen molar-refractivity contribution in [2.45, 2.75) is 25.8 Å². The van der Waals surface area contributed by atoms with E-state index >= 15 is 0 Å². The summed E-state index contributed by atoms with van der Waals surface area (Å²) in [5.41, 5.74) is 4.13. The molecular formula is C18H16N2O. The van der Waals surface area contributed by atoms with Crippen molar-refractivity contribution in [3.63, 3.8) is 0 Å². The van der Waals surface area contributed by atoms with Crippen molar-refractivity contribution in [2.75, 3.05) is 0 Å². The van der Waals surface area contributed by atoms with Crippen molar-refractivity contribution in [2.24, 2.45) is 0 Å². The zero-order valence-corrected chi connectivity index (χ0v) is 11.7. The van der Waals surface area contributed by atoms with Crippen LogP contribution >= 0.6 is 0 Å². The van der Waals surface area contributed by atoms with Gasteiger partial charge in [-0.2, -0.15) is 0 Å². The van der Waals surface area contributed by atoms with Gasteiger partial charge in [0.1, 0.15) is 5.82 Å². The van der Waals surface area contributed by atoms with E-state index in [4.69, 9.17) is 4.98 Å². The van der Waals surface area contributed by atoms with E-state index in [-0.39, 0.29) is 5.78 Å². The maximum absolute atomic E-state index is 12.0. The molecule has 0 radical (unpaired) electrons. The molecule has 104 valence electrons. The molecule has 1 aliphatic heterocycles. The molecule has 0 amide bonds. The quantitative estimate of drug-likeness (QED) is 0.734. The number of benzene rings is 2. The fourth-order valence-electron chi connectivity index (χ4n) is 3.14. The predicted molar refractivity (Wildman–Crippen MR) is 82.5 cm³/mol. The lowest BCUT2D eigenvalue weighted by Gasteiger charge is -2.15. The monoisotopic (exact) mass is 276 g/mol. The number of imidazole rings is 1. The second-order valence-corrected chi connectivity index (χ2v) is 5.51. The molecule has 21 heavy (non-hydrogen) atoms. The van der Waals surface area contributed by atoms with Gasteiger partial charge in [0.2, 0.25) is 0 Å². The summed E-state index contributed by atoms with van der Waals surface area (Å²) in [5.74, 6) is 1.33. The van der Waals surface area contributed by atoms with E-state index in [1.54, 1.807) is 0 Å². The number of Topliss-reactive ketones (excluding diaryl/α,β-unsaturated/α-hetero) is 1. The smallest absolute Gasteiger partial charge is 0.166 e. The third-order valence-corrected chi connectivity index (χ3v) is 4.19. The van der Waals surface area contributed by atoms with Crippen LogP contribution in [0.1, 0.15) is 28.2 Å². The third kappa shape index (κ3) is 2.05. The van der Waals surface area contributed by atoms with Crippen molar-refractivity contribution in [1.82, 2.24) is 9.55 Å². The Bertz CT molecular complexity index is 818. The molecule has 3 aromatic rings. The summed E-state index contributed by atoms with van der Waals surface area (Å²) in [5, 5.41) is 0. The second kappa shape index (κ2) is 4.85. The topological polar surface area (TPSA) is 34.9 Å². The molecule has 0 atom stereocenters. The van der Waals surface area contributed by atoms with Crippen molar-refractivity contribution in [3.8, 4) is 0 Å². The normalized spacial score (nSPS) is 13.8. The van der Waals surface area contributed by atoms with E-state index in [0.29, 0.717) is 6.42 Å². The molecule has 1 aromatic heterocycles. The summed E-state index contributed by atoms with van der Waals surface area (Å²) in [6.07, 6.45) is 2.47. The lowest BCUT2D eigenvalue weighted by molar-refractivity contribution is 0.0973. The lowest BCUT2D eigenvalue weighted by Crippen LogP contribution is -2.16. The molecule has 2 heterocycles. The number of rotatable bonds is 3. The number of carbonyl (C=O) groups excluding carboxylic acids is 1. The van der Waals surface area contributed by atoms with Crippen LogP contribution in [0.3, 0.4) is 0 Å². The summed E-state index contributed by atoms with van der Waals surface area (Å²) in [6.45, 7) is 0.760. The van der Waals surface area contributed by atoms with E-state index in [9.17, 15) is 4.79 Å². The summed E-state index contributed by atoms with van der Waals surface area (Å²) in [7, 11) is 0. The Morgan fingerprint density at radius 3 is 2.71 bits per heavy atom. The minimum atomic E-state index is 0.239. The number of hydrogen-bond acceptors (Lipinski definition) is 2. The minimum absolute atomic E-state index is 0.239. The van der Waals surface area contributed by atoms with Gasteiger partial charge in [0.15, 0.2) is 5.78 Å². The van der Waals surface area contributed by atoms with Crippen molar-refractivity contribution in [3.05, 3.63) is 65.5 Å². The first-order valence-electron chi connectivity index (χ1n) is 7.38. The highest BCUT2D eigenvalue weighted by Gasteiger charge is 2.22. The molecule has 2 aromatic carbocycles. The highest BCUT2D eigenvalue weighted by molar-refractivity contribution is 6.07. The van der Waals surface area contributed by atoms with Crippen molar-refractivity contribution >= 4 is 16.8 Å². The fraction of sp³-hybridized carbons (Fsp3) is 0.222. The van der Waals surface area contributed by atoms with Crippen LogP contribution in [0.25, 0.3) is 11.0 Å². The largest absolute Gasteiger partial charge is 0.327 e. The Hall–Kier alpha value is -2.42. The molecule has 1 aliphatic rings. The van der Waals surface area contributed by atoms with E-state index in [1.165, 1.54) is 5.56 Å². The van der Waals surface area contributed by atoms with Crippen LogP contribution in [0, 0.1) is 0 Å². The van der Waals surface area contributed by atoms with Crippen molar-refractivity contribution in [1.29, 1.82) is 0 Å². The third-order valence-electron chi connectivity index (χ3n) is 4.19. The van der Waals surface area contributed by atoms with E-state index < -0.39 is 0 Å². The zero-order valence-electron chi connectivity index (χ0n) is 11.7. The van der Waals surface area contributed by atoms with Gasteiger partial charge in [-0.05, 0) is 24.1 Å². The highest BCUT2D eigenvalue weighted by atomic mass is 16.1. The van der Waals surface area contributed by atoms with Gasteiger partial charge < -0.3 is 4.57 Å². The van der Waals surface area contributed by atoms with E-state index in [2.05, 4.69) is 28.8 Å². The first-order chi connectivity index (χ1) is 10.3. The number of hydrogen-bond donors (Lipinski definition) is 0. The Labute approximate surface area is 123 Å². The fourth-order valence-corrected chi connectivity index (χ4v) is 3.14. The average Bonchev–Trinajstić information content (AvgIpc) is 2.89. The Kier molecular flexibility index (Phi) is 2.85. The van der Waals surface area contributed by atoms with Crippen LogP contribution in [0.5, 0.6) is 0 Å². The van der Waals surface area contributed by atoms with Gasteiger partial charge >= 0.3 is 0 Å². The van der Waals surface area contributed by atoms with Gasteiger partial charge in [-0.1, -0.05) is 36.4 Å². The number of aryl methyl sites for hydroxylation is 3. The first kappa shape index (κ1) is 12.3. The van der Waals surface area contributed by atoms with Crippen LogP contribution in [0.15, 0.2) is 48.5 Å². The molecule has 0 fully saturated rings. The summed E-state index contributed by atoms with van der Waals surface area (Å²) >= 11 is 0. The van der Waals surface area contributed by atoms with Crippen molar-refractivity contribution < 1.29 is 4.79 Å². The van der Waals surface area contributed by atoms with Gasteiger partial charge in [0.25, 0.3) is 0 Å². The van der Waals surface area contributed by atoms with Crippen LogP contribution in [0.4, 0.5) is 0 Å². The summed E-state index contributed by atoms with van der Waals surface area (Å²) in [6, 6.07) is 16.3. The summed E-state index contributed by atoms with van der Waals surface area (Å²) < 4.78 is 2.23. The molecule has 0 N–H and O–H groups in total. The molecular weight excluding hydrogens is 260 g/mol. The standard InChI is InChI=1S/C18H16N2O/c21-16-11-12-20-17(10-9-13-5-2-1-3-6-13)19-15-8-4-7-14(16)18(15)20/h1-8H,9-12H2. The number of para-hydroxylation sites is 1. The van der Waals surface area contributed by atoms with Gasteiger partial charge in [0.05, 0.1) is 11.0 Å². The zero-order chi connectivity index (χ0) is 14.2. The SMILES string of the molecule is O=C1CCn2c(CCc3ccccc3)nc3cccc1c32. The maximum Gasteiger partial charge on any atom is 0.166 e. The molecule has 0 saturated heterocycles. The van der Waals surface area contributed by atoms with Crippen LogP contribution < -0.4 is 0 Å². The Morgan fingerprint density at radius 2 is 1.86 bits per heavy atom. The molecule has 0 aliphatic carbocycles. The predicted octanol–water partition coefficient (Wildman–Crippen LogP) is 3.41. The van der Waals surface area contributed by atoms with E-state index in [0.717, 1.165) is 41.8 Å². The van der Waals surface area contributed by atoms with Crippen LogP contribution in [-0.4, -0.2) is 15.3 Å². The van der Waals surface area contributed by atoms with Gasteiger partial charge in [0, 0.05) is 24.9 Å². The molecule has 0 unspecified atom stereocenters. The molecule has 3 nitrogen and oxygen atoms in total. The van der Waals surface area contributed by atoms with Crippen LogP contribution in [-0.2, 0) is 19.4 Å². The minimum Gasteiger partial charge on any atom is -0.327 e. The number of carbonyl (C=O) groups is 1.